The quantitative estimate of drug-likeness (QED) is 0.287. The van der Waals surface area contributed by atoms with Gasteiger partial charge >= 0.3 is 11.2 Å². The zero-order chi connectivity index (χ0) is 11.0. The van der Waals surface area contributed by atoms with E-state index in [1.807, 2.05) is 6.92 Å². The molecule has 0 aliphatic carbocycles. The maximum atomic E-state index is 10.8. The predicted molar refractivity (Wildman–Crippen MR) is 55.2 cm³/mol. The van der Waals surface area contributed by atoms with Gasteiger partial charge in [-0.15, -0.1) is 0 Å². The van der Waals surface area contributed by atoms with Gasteiger partial charge in [-0.1, -0.05) is 26.7 Å². The zero-order valence-electron chi connectivity index (χ0n) is 8.72. The highest BCUT2D eigenvalue weighted by molar-refractivity contribution is 6.80. The van der Waals surface area contributed by atoms with Crippen molar-refractivity contribution in [2.45, 2.75) is 52.1 Å². The predicted octanol–water partition coefficient (Wildman–Crippen LogP) is 2.65. The topological polar surface area (TPSA) is 43.4 Å². The fraction of sp³-hybridized carbons (Fsp3) is 0.800. The van der Waals surface area contributed by atoms with Crippen LogP contribution in [-0.4, -0.2) is 17.3 Å². The number of carbonyl (C=O) groups excluding carboxylic acids is 2. The van der Waals surface area contributed by atoms with Crippen molar-refractivity contribution in [2.75, 3.05) is 0 Å². The summed E-state index contributed by atoms with van der Waals surface area (Å²) in [7, 11) is 0. The minimum Gasteiger partial charge on any atom is -0.456 e. The van der Waals surface area contributed by atoms with Gasteiger partial charge in [-0.3, -0.25) is 4.79 Å². The third-order valence-electron chi connectivity index (χ3n) is 2.02. The van der Waals surface area contributed by atoms with Crippen LogP contribution < -0.4 is 0 Å². The second-order valence-electron chi connectivity index (χ2n) is 3.21. The molecule has 0 heterocycles. The van der Waals surface area contributed by atoms with Crippen LogP contribution in [0.2, 0.25) is 0 Å². The summed E-state index contributed by atoms with van der Waals surface area (Å²) >= 11 is 4.98. The van der Waals surface area contributed by atoms with Gasteiger partial charge in [0.1, 0.15) is 6.10 Å². The number of rotatable bonds is 7. The molecule has 0 radical (unpaired) electrons. The summed E-state index contributed by atoms with van der Waals surface area (Å²) in [5.41, 5.74) is 0. The van der Waals surface area contributed by atoms with Crippen molar-refractivity contribution in [2.24, 2.45) is 0 Å². The molecule has 4 heteroatoms. The highest BCUT2D eigenvalue weighted by Crippen LogP contribution is 2.10. The second kappa shape index (κ2) is 7.80. The molecule has 0 aliphatic heterocycles. The van der Waals surface area contributed by atoms with Gasteiger partial charge in [0.05, 0.1) is 0 Å². The largest absolute Gasteiger partial charge is 0.456 e. The number of carbonyl (C=O) groups is 2. The molecule has 0 saturated heterocycles. The Balaban J connectivity index is 3.78. The van der Waals surface area contributed by atoms with Crippen molar-refractivity contribution >= 4 is 22.8 Å². The number of hydrogen-bond donors (Lipinski definition) is 0. The Hall–Kier alpha value is -0.570. The highest BCUT2D eigenvalue weighted by atomic mass is 35.5. The average molecular weight is 221 g/mol. The van der Waals surface area contributed by atoms with Crippen LogP contribution in [-0.2, 0) is 14.3 Å². The van der Waals surface area contributed by atoms with E-state index in [9.17, 15) is 9.59 Å². The monoisotopic (exact) mass is 220 g/mol. The van der Waals surface area contributed by atoms with Crippen LogP contribution in [0.15, 0.2) is 0 Å². The maximum Gasteiger partial charge on any atom is 0.391 e. The van der Waals surface area contributed by atoms with Gasteiger partial charge in [0.25, 0.3) is 0 Å². The molecule has 82 valence electrons. The molecule has 0 amide bonds. The Morgan fingerprint density at radius 1 is 1.29 bits per heavy atom. The molecular formula is C10H17ClO3. The lowest BCUT2D eigenvalue weighted by Gasteiger charge is -2.14. The summed E-state index contributed by atoms with van der Waals surface area (Å²) in [5.74, 6) is -0.935. The van der Waals surface area contributed by atoms with Crippen molar-refractivity contribution in [3.05, 3.63) is 0 Å². The van der Waals surface area contributed by atoms with E-state index >= 15 is 0 Å². The van der Waals surface area contributed by atoms with Crippen molar-refractivity contribution < 1.29 is 14.3 Å². The summed E-state index contributed by atoms with van der Waals surface area (Å²) in [5, 5.41) is -1.04. The normalized spacial score (nSPS) is 12.2. The Morgan fingerprint density at radius 3 is 2.36 bits per heavy atom. The molecule has 14 heavy (non-hydrogen) atoms. The summed E-state index contributed by atoms with van der Waals surface area (Å²) in [6.45, 7) is 4.03. The first-order valence-corrected chi connectivity index (χ1v) is 5.40. The fourth-order valence-corrected chi connectivity index (χ4v) is 1.21. The molecule has 0 aromatic heterocycles. The van der Waals surface area contributed by atoms with E-state index in [2.05, 4.69) is 6.92 Å². The van der Waals surface area contributed by atoms with Crippen LogP contribution in [0, 0.1) is 0 Å². The van der Waals surface area contributed by atoms with Crippen molar-refractivity contribution in [1.29, 1.82) is 0 Å². The second-order valence-corrected chi connectivity index (χ2v) is 3.55. The molecule has 0 rings (SSSR count). The van der Waals surface area contributed by atoms with Gasteiger partial charge in [-0.25, -0.2) is 4.79 Å². The van der Waals surface area contributed by atoms with E-state index in [0.29, 0.717) is 0 Å². The first-order valence-electron chi connectivity index (χ1n) is 5.02. The summed E-state index contributed by atoms with van der Waals surface area (Å²) in [6.07, 6.45) is 4.61. The van der Waals surface area contributed by atoms with Crippen LogP contribution in [0.25, 0.3) is 0 Å². The number of hydrogen-bond acceptors (Lipinski definition) is 3. The summed E-state index contributed by atoms with van der Waals surface area (Å²) < 4.78 is 4.89. The number of ether oxygens (including phenoxy) is 1. The zero-order valence-corrected chi connectivity index (χ0v) is 9.47. The molecule has 0 aromatic rings. The number of halogens is 1. The Kier molecular flexibility index (Phi) is 7.48. The molecule has 0 aliphatic rings. The van der Waals surface area contributed by atoms with Crippen molar-refractivity contribution in [1.82, 2.24) is 0 Å². The number of esters is 1. The third-order valence-corrected chi connectivity index (χ3v) is 2.17. The van der Waals surface area contributed by atoms with E-state index < -0.39 is 11.2 Å². The average Bonchev–Trinajstić information content (AvgIpc) is 2.16. The maximum absolute atomic E-state index is 10.8. The van der Waals surface area contributed by atoms with E-state index in [4.69, 9.17) is 16.3 Å². The van der Waals surface area contributed by atoms with E-state index in [-0.39, 0.29) is 6.10 Å². The van der Waals surface area contributed by atoms with Crippen LogP contribution in [0.1, 0.15) is 46.0 Å². The molecule has 0 aromatic carbocycles. The molecule has 0 saturated carbocycles. The first kappa shape index (κ1) is 13.4. The first-order chi connectivity index (χ1) is 6.61. The Morgan fingerprint density at radius 2 is 1.93 bits per heavy atom. The van der Waals surface area contributed by atoms with Crippen LogP contribution in [0.3, 0.4) is 0 Å². The van der Waals surface area contributed by atoms with Gasteiger partial charge in [0, 0.05) is 0 Å². The third kappa shape index (κ3) is 5.97. The summed E-state index contributed by atoms with van der Waals surface area (Å²) in [6, 6.07) is 0. The number of unbranched alkanes of at least 4 members (excludes halogenated alkanes) is 2. The van der Waals surface area contributed by atoms with Gasteiger partial charge < -0.3 is 4.74 Å². The SMILES string of the molecule is CCCCCC(CC)OC(=O)C(=O)Cl. The smallest absolute Gasteiger partial charge is 0.391 e. The van der Waals surface area contributed by atoms with Gasteiger partial charge in [0.2, 0.25) is 0 Å². The minimum atomic E-state index is -1.04. The van der Waals surface area contributed by atoms with Crippen LogP contribution in [0.4, 0.5) is 0 Å². The lowest BCUT2D eigenvalue weighted by Crippen LogP contribution is -2.21. The van der Waals surface area contributed by atoms with Gasteiger partial charge in [-0.05, 0) is 30.9 Å². The van der Waals surface area contributed by atoms with Gasteiger partial charge in [-0.2, -0.15) is 0 Å². The van der Waals surface area contributed by atoms with E-state index in [1.165, 1.54) is 0 Å². The van der Waals surface area contributed by atoms with Crippen molar-refractivity contribution in [3.8, 4) is 0 Å². The standard InChI is InChI=1S/C10H17ClO3/c1-3-5-6-7-8(4-2)14-10(13)9(11)12/h8H,3-7H2,1-2H3. The molecule has 0 bridgehead atoms. The molecular weight excluding hydrogens is 204 g/mol. The highest BCUT2D eigenvalue weighted by Gasteiger charge is 2.17. The molecule has 0 N–H and O–H groups in total. The molecule has 0 fully saturated rings. The molecule has 1 atom stereocenters. The lowest BCUT2D eigenvalue weighted by atomic mass is 10.1. The lowest BCUT2D eigenvalue weighted by molar-refractivity contribution is -0.155. The molecule has 3 nitrogen and oxygen atoms in total. The van der Waals surface area contributed by atoms with Crippen molar-refractivity contribution in [3.63, 3.8) is 0 Å². The minimum absolute atomic E-state index is 0.170. The Labute approximate surface area is 89.8 Å². The Bertz CT molecular complexity index is 192. The van der Waals surface area contributed by atoms with E-state index in [1.54, 1.807) is 0 Å². The van der Waals surface area contributed by atoms with Gasteiger partial charge in [0.15, 0.2) is 0 Å². The van der Waals surface area contributed by atoms with E-state index in [0.717, 1.165) is 32.1 Å². The molecule has 1 unspecified atom stereocenters. The fourth-order valence-electron chi connectivity index (χ4n) is 1.17. The summed E-state index contributed by atoms with van der Waals surface area (Å²) in [4.78, 5) is 21.3. The molecule has 0 spiro atoms. The van der Waals surface area contributed by atoms with Crippen LogP contribution >= 0.6 is 11.6 Å². The van der Waals surface area contributed by atoms with Crippen LogP contribution in [0.5, 0.6) is 0 Å².